The third-order valence-corrected chi connectivity index (χ3v) is 7.46. The van der Waals surface area contributed by atoms with E-state index in [1.807, 2.05) is 31.2 Å². The minimum atomic E-state index is -3.90. The molecular weight excluding hydrogens is 518 g/mol. The molecule has 1 N–H and O–H groups in total. The summed E-state index contributed by atoms with van der Waals surface area (Å²) in [7, 11) is -2.57. The van der Waals surface area contributed by atoms with Crippen molar-refractivity contribution in [1.29, 1.82) is 0 Å². The Bertz CT molecular complexity index is 1030. The van der Waals surface area contributed by atoms with Gasteiger partial charge in [0.1, 0.15) is 6.04 Å². The number of nitrogens with zero attached hydrogens (tertiary/aromatic N) is 2. The molecule has 0 radical (unpaired) electrons. The molecule has 0 aromatic heterocycles. The Morgan fingerprint density at radius 1 is 1.09 bits per heavy atom. The molecule has 0 aliphatic rings. The summed E-state index contributed by atoms with van der Waals surface area (Å²) >= 11 is 9.22. The van der Waals surface area contributed by atoms with Crippen molar-refractivity contribution in [3.8, 4) is 0 Å². The lowest BCUT2D eigenvalue weighted by atomic mass is 10.1. The van der Waals surface area contributed by atoms with Gasteiger partial charge in [-0.1, -0.05) is 46.6 Å². The van der Waals surface area contributed by atoms with Gasteiger partial charge in [0.05, 0.1) is 11.4 Å². The fourth-order valence-corrected chi connectivity index (χ4v) is 4.43. The van der Waals surface area contributed by atoms with Crippen molar-refractivity contribution in [2.45, 2.75) is 37.8 Å². The highest BCUT2D eigenvalue weighted by Crippen LogP contribution is 2.19. The van der Waals surface area contributed by atoms with Crippen molar-refractivity contribution < 1.29 is 18.0 Å². The summed E-state index contributed by atoms with van der Waals surface area (Å²) in [5.41, 5.74) is 0.819. The molecule has 0 heterocycles. The maximum atomic E-state index is 13.2. The lowest BCUT2D eigenvalue weighted by Crippen LogP contribution is -2.50. The Kier molecular flexibility index (Phi) is 9.69. The van der Waals surface area contributed by atoms with Crippen LogP contribution in [-0.2, 0) is 26.2 Å². The molecule has 1 atom stereocenters. The fourth-order valence-electron chi connectivity index (χ4n) is 2.92. The standard InChI is InChI=1S/C22H27BrClN3O4S/c1-4-13-25-22(29)16(2)27(14-17-5-7-18(23)8-6-17)21(28)15-26(3)32(30,31)20-11-9-19(24)10-12-20/h5-12,16H,4,13-15H2,1-3H3,(H,25,29)/t16-/m0/s1. The van der Waals surface area contributed by atoms with Crippen LogP contribution in [0.2, 0.25) is 5.02 Å². The van der Waals surface area contributed by atoms with E-state index in [0.717, 1.165) is 20.8 Å². The molecule has 0 aliphatic carbocycles. The van der Waals surface area contributed by atoms with E-state index in [4.69, 9.17) is 11.6 Å². The van der Waals surface area contributed by atoms with Crippen LogP contribution in [0.5, 0.6) is 0 Å². The molecule has 2 aromatic carbocycles. The van der Waals surface area contributed by atoms with Crippen molar-refractivity contribution in [2.24, 2.45) is 0 Å². The van der Waals surface area contributed by atoms with Crippen molar-refractivity contribution in [3.05, 3.63) is 63.6 Å². The molecule has 174 valence electrons. The molecule has 2 aromatic rings. The van der Waals surface area contributed by atoms with Crippen LogP contribution in [0.4, 0.5) is 0 Å². The predicted molar refractivity (Wildman–Crippen MR) is 129 cm³/mol. The molecule has 0 saturated heterocycles. The highest BCUT2D eigenvalue weighted by molar-refractivity contribution is 9.10. The van der Waals surface area contributed by atoms with E-state index in [1.165, 1.54) is 36.2 Å². The Labute approximate surface area is 202 Å². The van der Waals surface area contributed by atoms with E-state index in [9.17, 15) is 18.0 Å². The van der Waals surface area contributed by atoms with Crippen molar-refractivity contribution >= 4 is 49.4 Å². The van der Waals surface area contributed by atoms with Crippen molar-refractivity contribution in [1.82, 2.24) is 14.5 Å². The number of hydrogen-bond donors (Lipinski definition) is 1. The zero-order chi connectivity index (χ0) is 23.9. The van der Waals surface area contributed by atoms with E-state index < -0.39 is 28.5 Å². The summed E-state index contributed by atoms with van der Waals surface area (Å²) < 4.78 is 27.6. The van der Waals surface area contributed by atoms with Gasteiger partial charge >= 0.3 is 0 Å². The number of hydrogen-bond acceptors (Lipinski definition) is 4. The second-order valence-electron chi connectivity index (χ2n) is 7.33. The Balaban J connectivity index is 2.24. The lowest BCUT2D eigenvalue weighted by Gasteiger charge is -2.30. The topological polar surface area (TPSA) is 86.8 Å². The average molecular weight is 545 g/mol. The van der Waals surface area contributed by atoms with E-state index in [-0.39, 0.29) is 17.3 Å². The van der Waals surface area contributed by atoms with Crippen LogP contribution in [-0.4, -0.2) is 55.6 Å². The number of carbonyl (C=O) groups excluding carboxylic acids is 2. The highest BCUT2D eigenvalue weighted by Gasteiger charge is 2.30. The van der Waals surface area contributed by atoms with Gasteiger partial charge in [0.2, 0.25) is 21.8 Å². The Morgan fingerprint density at radius 3 is 2.25 bits per heavy atom. The fraction of sp³-hybridized carbons (Fsp3) is 0.364. The summed E-state index contributed by atoms with van der Waals surface area (Å²) in [6.07, 6.45) is 0.765. The van der Waals surface area contributed by atoms with Crippen LogP contribution in [0, 0.1) is 0 Å². The molecule has 0 fully saturated rings. The number of carbonyl (C=O) groups is 2. The number of benzene rings is 2. The Hall–Kier alpha value is -1.94. The van der Waals surface area contributed by atoms with Crippen LogP contribution >= 0.6 is 27.5 Å². The van der Waals surface area contributed by atoms with Crippen LogP contribution in [0.25, 0.3) is 0 Å². The van der Waals surface area contributed by atoms with E-state index in [1.54, 1.807) is 6.92 Å². The van der Waals surface area contributed by atoms with Crippen molar-refractivity contribution in [3.63, 3.8) is 0 Å². The summed E-state index contributed by atoms with van der Waals surface area (Å²) in [6.45, 7) is 3.82. The molecule has 0 bridgehead atoms. The second-order valence-corrected chi connectivity index (χ2v) is 10.7. The zero-order valence-electron chi connectivity index (χ0n) is 18.2. The molecule has 10 heteroatoms. The zero-order valence-corrected chi connectivity index (χ0v) is 21.4. The largest absolute Gasteiger partial charge is 0.354 e. The van der Waals surface area contributed by atoms with Gasteiger partial charge in [-0.25, -0.2) is 8.42 Å². The van der Waals surface area contributed by atoms with Crippen LogP contribution in [0.15, 0.2) is 57.9 Å². The minimum absolute atomic E-state index is 0.0328. The Morgan fingerprint density at radius 2 is 1.69 bits per heavy atom. The third kappa shape index (κ3) is 7.03. The van der Waals surface area contributed by atoms with Crippen LogP contribution < -0.4 is 5.32 Å². The van der Waals surface area contributed by atoms with Crippen molar-refractivity contribution in [2.75, 3.05) is 20.1 Å². The molecule has 0 saturated carbocycles. The van der Waals surface area contributed by atoms with E-state index >= 15 is 0 Å². The van der Waals surface area contributed by atoms with Gasteiger partial charge < -0.3 is 10.2 Å². The van der Waals surface area contributed by atoms with Crippen LogP contribution in [0.3, 0.4) is 0 Å². The lowest BCUT2D eigenvalue weighted by molar-refractivity contribution is -0.140. The quantitative estimate of drug-likeness (QED) is 0.495. The van der Waals surface area contributed by atoms with Gasteiger partial charge in [-0.2, -0.15) is 4.31 Å². The monoisotopic (exact) mass is 543 g/mol. The summed E-state index contributed by atoms with van der Waals surface area (Å²) in [4.78, 5) is 27.2. The number of amides is 2. The summed E-state index contributed by atoms with van der Waals surface area (Å²) in [5, 5.41) is 3.20. The SMILES string of the molecule is CCCNC(=O)[C@H](C)N(Cc1ccc(Br)cc1)C(=O)CN(C)S(=O)(=O)c1ccc(Cl)cc1. The first-order valence-electron chi connectivity index (χ1n) is 10.1. The maximum Gasteiger partial charge on any atom is 0.243 e. The number of likely N-dealkylation sites (N-methyl/N-ethyl adjacent to an activating group) is 1. The third-order valence-electron chi connectivity index (χ3n) is 4.86. The normalized spacial score (nSPS) is 12.4. The molecule has 0 unspecified atom stereocenters. The second kappa shape index (κ2) is 11.8. The average Bonchev–Trinajstić information content (AvgIpc) is 2.76. The first-order valence-corrected chi connectivity index (χ1v) is 12.7. The molecule has 7 nitrogen and oxygen atoms in total. The molecule has 2 amide bonds. The van der Waals surface area contributed by atoms with Gasteiger partial charge in [-0.3, -0.25) is 9.59 Å². The summed E-state index contributed by atoms with van der Waals surface area (Å²) in [5.74, 6) is -0.771. The van der Waals surface area contributed by atoms with Gasteiger partial charge in [0.25, 0.3) is 0 Å². The molecular formula is C22H27BrClN3O4S. The molecule has 0 aliphatic heterocycles. The molecule has 32 heavy (non-hydrogen) atoms. The highest BCUT2D eigenvalue weighted by atomic mass is 79.9. The van der Waals surface area contributed by atoms with Gasteiger partial charge in [0.15, 0.2) is 0 Å². The summed E-state index contributed by atoms with van der Waals surface area (Å²) in [6, 6.07) is 12.3. The van der Waals surface area contributed by atoms with E-state index in [0.29, 0.717) is 11.6 Å². The smallest absolute Gasteiger partial charge is 0.243 e. The van der Waals surface area contributed by atoms with Gasteiger partial charge in [-0.05, 0) is 55.3 Å². The maximum absolute atomic E-state index is 13.2. The van der Waals surface area contributed by atoms with Crippen LogP contribution in [0.1, 0.15) is 25.8 Å². The number of sulfonamides is 1. The van der Waals surface area contributed by atoms with Gasteiger partial charge in [0, 0.05) is 29.6 Å². The number of halogens is 2. The minimum Gasteiger partial charge on any atom is -0.354 e. The molecule has 0 spiro atoms. The number of nitrogens with one attached hydrogen (secondary N) is 1. The number of rotatable bonds is 10. The predicted octanol–water partition coefficient (Wildman–Crippen LogP) is 3.67. The first-order chi connectivity index (χ1) is 15.1. The molecule has 2 rings (SSSR count). The van der Waals surface area contributed by atoms with E-state index in [2.05, 4.69) is 21.2 Å². The first kappa shape index (κ1) is 26.3. The van der Waals surface area contributed by atoms with Gasteiger partial charge in [-0.15, -0.1) is 0 Å².